The number of rotatable bonds is 7. The van der Waals surface area contributed by atoms with Gasteiger partial charge >= 0.3 is 0 Å². The van der Waals surface area contributed by atoms with E-state index < -0.39 is 0 Å². The molecule has 5 nitrogen and oxygen atoms in total. The Balaban J connectivity index is 2.09. The summed E-state index contributed by atoms with van der Waals surface area (Å²) in [7, 11) is 0. The van der Waals surface area contributed by atoms with Gasteiger partial charge in [0.25, 0.3) is 0 Å². The number of nitrogen functional groups attached to an aromatic ring is 1. The van der Waals surface area contributed by atoms with Gasteiger partial charge in [0.15, 0.2) is 0 Å². The lowest BCUT2D eigenvalue weighted by molar-refractivity contribution is 0.290. The van der Waals surface area contributed by atoms with Gasteiger partial charge in [0.2, 0.25) is 5.88 Å². The van der Waals surface area contributed by atoms with Crippen LogP contribution in [0.25, 0.3) is 0 Å². The van der Waals surface area contributed by atoms with Gasteiger partial charge in [-0.05, 0) is 44.7 Å². The molecule has 1 aliphatic carbocycles. The third kappa shape index (κ3) is 3.77. The molecule has 2 N–H and O–H groups in total. The quantitative estimate of drug-likeness (QED) is 0.826. The summed E-state index contributed by atoms with van der Waals surface area (Å²) in [6, 6.07) is 5.95. The number of pyridine rings is 1. The molecule has 1 aromatic rings. The zero-order valence-electron chi connectivity index (χ0n) is 12.2. The van der Waals surface area contributed by atoms with Crippen molar-refractivity contribution in [2.45, 2.75) is 26.7 Å². The molecule has 1 saturated carbocycles. The molecule has 0 aliphatic heterocycles. The minimum Gasteiger partial charge on any atom is -0.476 e. The van der Waals surface area contributed by atoms with Gasteiger partial charge in [0.1, 0.15) is 5.82 Å². The van der Waals surface area contributed by atoms with Gasteiger partial charge in [-0.15, -0.1) is 0 Å². The van der Waals surface area contributed by atoms with E-state index in [9.17, 15) is 0 Å². The smallest absolute Gasteiger partial charge is 0.239 e. The van der Waals surface area contributed by atoms with Crippen LogP contribution in [0.2, 0.25) is 0 Å². The van der Waals surface area contributed by atoms with E-state index in [1.165, 1.54) is 12.8 Å². The fourth-order valence-electron chi connectivity index (χ4n) is 1.97. The largest absolute Gasteiger partial charge is 0.476 e. The van der Waals surface area contributed by atoms with Gasteiger partial charge in [-0.25, -0.2) is 0 Å². The maximum absolute atomic E-state index is 8.94. The highest BCUT2D eigenvalue weighted by Gasteiger charge is 2.23. The molecular formula is C15H22N4O. The first kappa shape index (κ1) is 14.4. The zero-order valence-corrected chi connectivity index (χ0v) is 12.2. The average molecular weight is 274 g/mol. The lowest BCUT2D eigenvalue weighted by Crippen LogP contribution is -2.28. The van der Waals surface area contributed by atoms with E-state index in [-0.39, 0.29) is 5.92 Å². The van der Waals surface area contributed by atoms with Crippen LogP contribution in [0.1, 0.15) is 26.7 Å². The van der Waals surface area contributed by atoms with Crippen LogP contribution in [0, 0.1) is 23.2 Å². The van der Waals surface area contributed by atoms with Gasteiger partial charge in [-0.3, -0.25) is 0 Å². The second kappa shape index (κ2) is 6.47. The summed E-state index contributed by atoms with van der Waals surface area (Å²) < 4.78 is 5.70. The molecule has 0 radical (unpaired) electrons. The number of nitriles is 1. The summed E-state index contributed by atoms with van der Waals surface area (Å²) in [6.45, 7) is 6.11. The van der Waals surface area contributed by atoms with Crippen molar-refractivity contribution in [3.8, 4) is 11.9 Å². The highest BCUT2D eigenvalue weighted by molar-refractivity contribution is 5.54. The van der Waals surface area contributed by atoms with Crippen molar-refractivity contribution in [2.75, 3.05) is 30.3 Å². The van der Waals surface area contributed by atoms with E-state index in [1.807, 2.05) is 26.0 Å². The van der Waals surface area contributed by atoms with Crippen LogP contribution < -0.4 is 15.4 Å². The fourth-order valence-corrected chi connectivity index (χ4v) is 1.97. The van der Waals surface area contributed by atoms with Crippen LogP contribution in [0.5, 0.6) is 5.88 Å². The number of hydrogen-bond acceptors (Lipinski definition) is 5. The lowest BCUT2D eigenvalue weighted by atomic mass is 10.2. The monoisotopic (exact) mass is 274 g/mol. The molecule has 1 aromatic heterocycles. The van der Waals surface area contributed by atoms with E-state index in [0.29, 0.717) is 30.6 Å². The molecule has 5 heteroatoms. The van der Waals surface area contributed by atoms with E-state index in [4.69, 9.17) is 15.7 Å². The van der Waals surface area contributed by atoms with Crippen LogP contribution in [0.3, 0.4) is 0 Å². The molecule has 1 atom stereocenters. The summed E-state index contributed by atoms with van der Waals surface area (Å²) in [6.07, 6.45) is 2.47. The number of nitrogens with zero attached hydrogens (tertiary/aromatic N) is 3. The summed E-state index contributed by atoms with van der Waals surface area (Å²) in [4.78, 5) is 6.57. The molecule has 2 rings (SSSR count). The normalized spacial score (nSPS) is 15.4. The molecular weight excluding hydrogens is 252 g/mol. The first-order valence-corrected chi connectivity index (χ1v) is 7.18. The van der Waals surface area contributed by atoms with Gasteiger partial charge in [-0.1, -0.05) is 0 Å². The van der Waals surface area contributed by atoms with Crippen LogP contribution in [0.15, 0.2) is 12.1 Å². The number of anilines is 2. The Morgan fingerprint density at radius 1 is 1.55 bits per heavy atom. The Bertz CT molecular complexity index is 493. The Kier molecular flexibility index (Phi) is 4.67. The van der Waals surface area contributed by atoms with E-state index in [0.717, 1.165) is 12.4 Å². The van der Waals surface area contributed by atoms with E-state index in [2.05, 4.69) is 16.0 Å². The molecule has 1 unspecified atom stereocenters. The highest BCUT2D eigenvalue weighted by atomic mass is 16.5. The van der Waals surface area contributed by atoms with Crippen molar-refractivity contribution in [3.05, 3.63) is 12.1 Å². The maximum atomic E-state index is 8.94. The van der Waals surface area contributed by atoms with E-state index in [1.54, 1.807) is 0 Å². The molecule has 0 spiro atoms. The number of nitrogens with two attached hydrogens (primary N) is 1. The van der Waals surface area contributed by atoms with Crippen LogP contribution in [0.4, 0.5) is 11.5 Å². The summed E-state index contributed by atoms with van der Waals surface area (Å²) >= 11 is 0. The molecule has 0 bridgehead atoms. The SMILES string of the molecule is CCN(CC(C)C#N)c1ccc(N)c(OCC2CC2)n1. The van der Waals surface area contributed by atoms with Gasteiger partial charge in [-0.2, -0.15) is 10.2 Å². The maximum Gasteiger partial charge on any atom is 0.239 e. The molecule has 20 heavy (non-hydrogen) atoms. The van der Waals surface area contributed by atoms with Crippen LogP contribution in [-0.2, 0) is 0 Å². The number of aromatic nitrogens is 1. The van der Waals surface area contributed by atoms with Crippen molar-refractivity contribution >= 4 is 11.5 Å². The highest BCUT2D eigenvalue weighted by Crippen LogP contribution is 2.31. The van der Waals surface area contributed by atoms with E-state index >= 15 is 0 Å². The standard InChI is InChI=1S/C15H22N4O/c1-3-19(9-11(2)8-16)14-7-6-13(17)15(18-14)20-10-12-4-5-12/h6-7,11-12H,3-5,9-10,17H2,1-2H3. The third-order valence-corrected chi connectivity index (χ3v) is 3.45. The predicted molar refractivity (Wildman–Crippen MR) is 79.5 cm³/mol. The van der Waals surface area contributed by atoms with Crippen molar-refractivity contribution in [2.24, 2.45) is 11.8 Å². The number of ether oxygens (including phenoxy) is 1. The molecule has 1 heterocycles. The molecule has 1 aliphatic rings. The summed E-state index contributed by atoms with van der Waals surface area (Å²) in [5.41, 5.74) is 6.48. The number of hydrogen-bond donors (Lipinski definition) is 1. The Morgan fingerprint density at radius 2 is 2.30 bits per heavy atom. The van der Waals surface area contributed by atoms with Crippen molar-refractivity contribution in [3.63, 3.8) is 0 Å². The average Bonchev–Trinajstić information content (AvgIpc) is 3.28. The second-order valence-electron chi connectivity index (χ2n) is 5.39. The Labute approximate surface area is 120 Å². The predicted octanol–water partition coefficient (Wildman–Crippen LogP) is 2.44. The minimum absolute atomic E-state index is 0.0369. The van der Waals surface area contributed by atoms with Crippen molar-refractivity contribution in [1.29, 1.82) is 5.26 Å². The van der Waals surface area contributed by atoms with Gasteiger partial charge in [0, 0.05) is 13.1 Å². The Hall–Kier alpha value is -1.96. The van der Waals surface area contributed by atoms with Crippen molar-refractivity contribution in [1.82, 2.24) is 4.98 Å². The first-order valence-electron chi connectivity index (χ1n) is 7.18. The van der Waals surface area contributed by atoms with Gasteiger partial charge < -0.3 is 15.4 Å². The first-order chi connectivity index (χ1) is 9.63. The van der Waals surface area contributed by atoms with Crippen LogP contribution >= 0.6 is 0 Å². The molecule has 0 aromatic carbocycles. The fraction of sp³-hybridized carbons (Fsp3) is 0.600. The third-order valence-electron chi connectivity index (χ3n) is 3.45. The molecule has 108 valence electrons. The van der Waals surface area contributed by atoms with Crippen molar-refractivity contribution < 1.29 is 4.74 Å². The molecule has 0 amide bonds. The minimum atomic E-state index is -0.0369. The summed E-state index contributed by atoms with van der Waals surface area (Å²) in [5.74, 6) is 1.96. The topological polar surface area (TPSA) is 75.2 Å². The van der Waals surface area contributed by atoms with Gasteiger partial charge in [0.05, 0.1) is 24.3 Å². The Morgan fingerprint density at radius 3 is 2.90 bits per heavy atom. The molecule has 0 saturated heterocycles. The zero-order chi connectivity index (χ0) is 14.5. The van der Waals surface area contributed by atoms with Crippen LogP contribution in [-0.4, -0.2) is 24.7 Å². The second-order valence-corrected chi connectivity index (χ2v) is 5.39. The summed E-state index contributed by atoms with van der Waals surface area (Å²) in [5, 5.41) is 8.94. The lowest BCUT2D eigenvalue weighted by Gasteiger charge is -2.23. The molecule has 1 fully saturated rings.